The van der Waals surface area contributed by atoms with Crippen molar-refractivity contribution in [3.05, 3.63) is 29.3 Å². The first-order chi connectivity index (χ1) is 12.7. The number of urea groups is 1. The molecule has 2 aliphatic heterocycles. The van der Waals surface area contributed by atoms with Crippen LogP contribution in [0.5, 0.6) is 5.75 Å². The van der Waals surface area contributed by atoms with Crippen LogP contribution in [0.3, 0.4) is 0 Å². The van der Waals surface area contributed by atoms with Gasteiger partial charge < -0.3 is 24.4 Å². The molecule has 2 heterocycles. The second-order valence-electron chi connectivity index (χ2n) is 7.31. The van der Waals surface area contributed by atoms with E-state index in [-0.39, 0.29) is 6.03 Å². The van der Waals surface area contributed by atoms with Gasteiger partial charge in [0.1, 0.15) is 12.4 Å². The maximum atomic E-state index is 12.3. The van der Waals surface area contributed by atoms with Crippen molar-refractivity contribution in [2.75, 3.05) is 39.5 Å². The summed E-state index contributed by atoms with van der Waals surface area (Å²) in [6.45, 7) is 3.63. The lowest BCUT2D eigenvalue weighted by Crippen LogP contribution is -2.50. The molecule has 0 saturated carbocycles. The van der Waals surface area contributed by atoms with E-state index in [1.807, 2.05) is 11.0 Å². The van der Waals surface area contributed by atoms with E-state index in [0.717, 1.165) is 25.0 Å². The third kappa shape index (κ3) is 3.96. The normalized spacial score (nSPS) is 21.5. The van der Waals surface area contributed by atoms with Crippen molar-refractivity contribution in [2.45, 2.75) is 44.3 Å². The Bertz CT molecular complexity index is 633. The fourth-order valence-corrected chi connectivity index (χ4v) is 4.07. The zero-order valence-electron chi connectivity index (χ0n) is 15.3. The number of ether oxygens (including phenoxy) is 3. The van der Waals surface area contributed by atoms with E-state index in [1.165, 1.54) is 30.4 Å². The van der Waals surface area contributed by atoms with Crippen molar-refractivity contribution in [3.8, 4) is 5.75 Å². The quantitative estimate of drug-likeness (QED) is 0.838. The summed E-state index contributed by atoms with van der Waals surface area (Å²) in [5.41, 5.74) is 2.87. The number of rotatable bonds is 4. The number of fused-ring (bicyclic) bond motifs is 1. The number of hydrogen-bond donors (Lipinski definition) is 1. The first-order valence-electron chi connectivity index (χ1n) is 9.79. The molecule has 0 atom stereocenters. The second-order valence-corrected chi connectivity index (χ2v) is 7.31. The number of carbonyl (C=O) groups excluding carboxylic acids is 1. The fourth-order valence-electron chi connectivity index (χ4n) is 4.07. The van der Waals surface area contributed by atoms with E-state index in [4.69, 9.17) is 14.2 Å². The number of likely N-dealkylation sites (tertiary alicyclic amines) is 1. The Morgan fingerprint density at radius 3 is 2.62 bits per heavy atom. The highest BCUT2D eigenvalue weighted by atomic mass is 16.7. The average molecular weight is 360 g/mol. The summed E-state index contributed by atoms with van der Waals surface area (Å²) in [6, 6.07) is 6.34. The molecule has 0 unspecified atom stereocenters. The highest BCUT2D eigenvalue weighted by Gasteiger charge is 2.40. The van der Waals surface area contributed by atoms with Crippen LogP contribution in [-0.2, 0) is 22.3 Å². The molecule has 2 amide bonds. The molecule has 0 aromatic heterocycles. The van der Waals surface area contributed by atoms with Crippen molar-refractivity contribution in [2.24, 2.45) is 0 Å². The highest BCUT2D eigenvalue weighted by Crippen LogP contribution is 2.31. The zero-order chi connectivity index (χ0) is 17.8. The van der Waals surface area contributed by atoms with Crippen molar-refractivity contribution >= 4 is 6.03 Å². The Morgan fingerprint density at radius 1 is 1.12 bits per heavy atom. The summed E-state index contributed by atoms with van der Waals surface area (Å²) in [7, 11) is 0. The molecule has 1 N–H and O–H groups in total. The standard InChI is InChI=1S/C20H28N2O4/c23-19(22-10-7-20(8-11-22)25-13-14-26-20)21-9-12-24-18-6-5-16-3-1-2-4-17(16)15-18/h5-6,15H,1-4,7-14H2,(H,21,23). The maximum absolute atomic E-state index is 12.3. The van der Waals surface area contributed by atoms with Crippen LogP contribution in [0, 0.1) is 0 Å². The van der Waals surface area contributed by atoms with Gasteiger partial charge in [0.15, 0.2) is 5.79 Å². The predicted molar refractivity (Wildman–Crippen MR) is 97.4 cm³/mol. The molecule has 6 nitrogen and oxygen atoms in total. The predicted octanol–water partition coefficient (Wildman–Crippen LogP) is 2.49. The van der Waals surface area contributed by atoms with Gasteiger partial charge in [0, 0.05) is 25.9 Å². The van der Waals surface area contributed by atoms with Crippen LogP contribution < -0.4 is 10.1 Å². The lowest BCUT2D eigenvalue weighted by atomic mass is 9.92. The summed E-state index contributed by atoms with van der Waals surface area (Å²) < 4.78 is 17.2. The van der Waals surface area contributed by atoms with Crippen molar-refractivity contribution in [3.63, 3.8) is 0 Å². The number of hydrogen-bond acceptors (Lipinski definition) is 4. The molecule has 26 heavy (non-hydrogen) atoms. The van der Waals surface area contributed by atoms with Crippen LogP contribution in [0.2, 0.25) is 0 Å². The van der Waals surface area contributed by atoms with Gasteiger partial charge in [0.2, 0.25) is 0 Å². The SMILES string of the molecule is O=C(NCCOc1ccc2c(c1)CCCC2)N1CCC2(CC1)OCCO2. The van der Waals surface area contributed by atoms with Gasteiger partial charge in [0.05, 0.1) is 19.8 Å². The Balaban J connectivity index is 1.17. The Hall–Kier alpha value is -1.79. The van der Waals surface area contributed by atoms with Gasteiger partial charge in [-0.15, -0.1) is 0 Å². The van der Waals surface area contributed by atoms with E-state index >= 15 is 0 Å². The topological polar surface area (TPSA) is 60.0 Å². The third-order valence-electron chi connectivity index (χ3n) is 5.59. The molecule has 1 spiro atoms. The number of piperidine rings is 1. The molecule has 3 aliphatic rings. The molecule has 2 saturated heterocycles. The van der Waals surface area contributed by atoms with E-state index in [9.17, 15) is 4.79 Å². The molecule has 2 fully saturated rings. The average Bonchev–Trinajstić information content (AvgIpc) is 3.13. The van der Waals surface area contributed by atoms with Gasteiger partial charge in [0.25, 0.3) is 0 Å². The van der Waals surface area contributed by atoms with Crippen LogP contribution in [0.15, 0.2) is 18.2 Å². The maximum Gasteiger partial charge on any atom is 0.317 e. The van der Waals surface area contributed by atoms with Gasteiger partial charge in [-0.25, -0.2) is 4.79 Å². The van der Waals surface area contributed by atoms with Crippen LogP contribution in [0.4, 0.5) is 4.79 Å². The second kappa shape index (κ2) is 7.84. The molecule has 4 rings (SSSR count). The van der Waals surface area contributed by atoms with E-state index in [1.54, 1.807) is 0 Å². The number of carbonyl (C=O) groups is 1. The summed E-state index contributed by atoms with van der Waals surface area (Å²) in [5, 5.41) is 2.94. The summed E-state index contributed by atoms with van der Waals surface area (Å²) in [4.78, 5) is 14.1. The Morgan fingerprint density at radius 2 is 1.85 bits per heavy atom. The first kappa shape index (κ1) is 17.6. The third-order valence-corrected chi connectivity index (χ3v) is 5.59. The van der Waals surface area contributed by atoms with E-state index in [0.29, 0.717) is 39.5 Å². The number of benzene rings is 1. The minimum Gasteiger partial charge on any atom is -0.492 e. The smallest absolute Gasteiger partial charge is 0.317 e. The van der Waals surface area contributed by atoms with Crippen LogP contribution in [0.25, 0.3) is 0 Å². The minimum absolute atomic E-state index is 0.0353. The molecule has 0 radical (unpaired) electrons. The lowest BCUT2D eigenvalue weighted by molar-refractivity contribution is -0.181. The van der Waals surface area contributed by atoms with Crippen molar-refractivity contribution < 1.29 is 19.0 Å². The van der Waals surface area contributed by atoms with E-state index < -0.39 is 5.79 Å². The van der Waals surface area contributed by atoms with Gasteiger partial charge >= 0.3 is 6.03 Å². The zero-order valence-corrected chi connectivity index (χ0v) is 15.3. The molecular weight excluding hydrogens is 332 g/mol. The van der Waals surface area contributed by atoms with Gasteiger partial charge in [-0.3, -0.25) is 0 Å². The van der Waals surface area contributed by atoms with Gasteiger partial charge in [-0.05, 0) is 48.9 Å². The fraction of sp³-hybridized carbons (Fsp3) is 0.650. The van der Waals surface area contributed by atoms with E-state index in [2.05, 4.69) is 17.4 Å². The lowest BCUT2D eigenvalue weighted by Gasteiger charge is -2.37. The largest absolute Gasteiger partial charge is 0.492 e. The highest BCUT2D eigenvalue weighted by molar-refractivity contribution is 5.74. The molecule has 1 aliphatic carbocycles. The molecular formula is C20H28N2O4. The van der Waals surface area contributed by atoms with Crippen molar-refractivity contribution in [1.82, 2.24) is 10.2 Å². The van der Waals surface area contributed by atoms with Crippen LogP contribution >= 0.6 is 0 Å². The Labute approximate surface area is 154 Å². The van der Waals surface area contributed by atoms with Crippen molar-refractivity contribution in [1.29, 1.82) is 0 Å². The molecule has 1 aromatic carbocycles. The van der Waals surface area contributed by atoms with Gasteiger partial charge in [-0.1, -0.05) is 6.07 Å². The molecule has 1 aromatic rings. The summed E-state index contributed by atoms with van der Waals surface area (Å²) >= 11 is 0. The van der Waals surface area contributed by atoms with Crippen LogP contribution in [-0.4, -0.2) is 56.2 Å². The molecule has 0 bridgehead atoms. The first-order valence-corrected chi connectivity index (χ1v) is 9.79. The summed E-state index contributed by atoms with van der Waals surface area (Å²) in [6.07, 6.45) is 6.36. The van der Waals surface area contributed by atoms with Gasteiger partial charge in [-0.2, -0.15) is 0 Å². The number of nitrogens with one attached hydrogen (secondary N) is 1. The Kier molecular flexibility index (Phi) is 5.31. The monoisotopic (exact) mass is 360 g/mol. The number of aryl methyl sites for hydroxylation is 2. The van der Waals surface area contributed by atoms with Crippen LogP contribution in [0.1, 0.15) is 36.8 Å². The summed E-state index contributed by atoms with van der Waals surface area (Å²) in [5.74, 6) is 0.460. The minimum atomic E-state index is -0.438. The number of amides is 2. The number of nitrogens with zero attached hydrogens (tertiary/aromatic N) is 1. The molecule has 6 heteroatoms. The molecule has 142 valence electrons.